The lowest BCUT2D eigenvalue weighted by atomic mass is 10.1. The van der Waals surface area contributed by atoms with Gasteiger partial charge < -0.3 is 5.32 Å². The Hall–Kier alpha value is -2.47. The monoisotopic (exact) mass is 309 g/mol. The second-order valence-corrected chi connectivity index (χ2v) is 6.02. The van der Waals surface area contributed by atoms with Crippen molar-refractivity contribution in [3.8, 4) is 0 Å². The van der Waals surface area contributed by atoms with Crippen LogP contribution in [0, 0.1) is 0 Å². The van der Waals surface area contributed by atoms with Gasteiger partial charge in [0.15, 0.2) is 0 Å². The molecule has 0 saturated carbocycles. The van der Waals surface area contributed by atoms with Crippen molar-refractivity contribution < 1.29 is 0 Å². The van der Waals surface area contributed by atoms with Crippen LogP contribution in [0.2, 0.25) is 0 Å². The molecule has 3 heterocycles. The van der Waals surface area contributed by atoms with Crippen LogP contribution in [0.4, 0.5) is 5.82 Å². The fraction of sp³-hybridized carbons (Fsp3) is 0.188. The molecule has 4 rings (SSSR count). The van der Waals surface area contributed by atoms with Crippen molar-refractivity contribution in [2.75, 3.05) is 11.9 Å². The molecule has 0 saturated heterocycles. The summed E-state index contributed by atoms with van der Waals surface area (Å²) < 4.78 is 1.94. The van der Waals surface area contributed by atoms with Crippen LogP contribution < -0.4 is 5.32 Å². The molecule has 0 fully saturated rings. The molecule has 0 amide bonds. The molecule has 22 heavy (non-hydrogen) atoms. The van der Waals surface area contributed by atoms with Crippen molar-refractivity contribution in [1.29, 1.82) is 0 Å². The van der Waals surface area contributed by atoms with Gasteiger partial charge in [-0.15, -0.1) is 11.3 Å². The summed E-state index contributed by atoms with van der Waals surface area (Å²) in [5, 5.41) is 12.4. The fourth-order valence-corrected chi connectivity index (χ4v) is 3.44. The summed E-state index contributed by atoms with van der Waals surface area (Å²) in [6.07, 6.45) is 2.47. The van der Waals surface area contributed by atoms with Crippen LogP contribution in [0.5, 0.6) is 0 Å². The number of thiophene rings is 1. The zero-order chi connectivity index (χ0) is 14.9. The molecule has 0 aliphatic heterocycles. The minimum atomic E-state index is 0.795. The molecule has 1 aromatic carbocycles. The number of hydrogen-bond donors (Lipinski definition) is 1. The molecule has 1 N–H and O–H groups in total. The maximum Gasteiger partial charge on any atom is 0.138 e. The molecule has 0 aliphatic carbocycles. The lowest BCUT2D eigenvalue weighted by Gasteiger charge is -2.05. The first-order valence-corrected chi connectivity index (χ1v) is 8.03. The average molecular weight is 309 g/mol. The van der Waals surface area contributed by atoms with Crippen molar-refractivity contribution in [3.63, 3.8) is 0 Å². The number of aromatic nitrogens is 4. The van der Waals surface area contributed by atoms with E-state index in [1.54, 1.807) is 17.7 Å². The molecule has 3 aromatic heterocycles. The number of hydrogen-bond acceptors (Lipinski definition) is 5. The summed E-state index contributed by atoms with van der Waals surface area (Å²) in [6.45, 7) is 0.795. The smallest absolute Gasteiger partial charge is 0.138 e. The average Bonchev–Trinajstić information content (AvgIpc) is 3.14. The minimum absolute atomic E-state index is 0.795. The Morgan fingerprint density at radius 3 is 3.00 bits per heavy atom. The summed E-state index contributed by atoms with van der Waals surface area (Å²) in [5.41, 5.74) is 2.28. The first-order valence-electron chi connectivity index (χ1n) is 7.15. The van der Waals surface area contributed by atoms with Gasteiger partial charge in [-0.2, -0.15) is 5.10 Å². The predicted octanol–water partition coefficient (Wildman–Crippen LogP) is 3.23. The first-order chi connectivity index (χ1) is 10.8. The molecule has 0 radical (unpaired) electrons. The standard InChI is InChI=1S/C16H15N5S/c1-21-14-5-3-2-4-11(14)13(20-21)6-8-17-15-12-7-9-22-16(12)19-10-18-15/h2-5,7,9-10H,6,8H2,1H3,(H,17,18,19). The Labute approximate surface area is 131 Å². The molecule has 0 atom stereocenters. The van der Waals surface area contributed by atoms with E-state index < -0.39 is 0 Å². The number of aryl methyl sites for hydroxylation is 1. The maximum absolute atomic E-state index is 4.62. The molecule has 0 bridgehead atoms. The van der Waals surface area contributed by atoms with Gasteiger partial charge in [-0.25, -0.2) is 9.97 Å². The number of benzene rings is 1. The summed E-state index contributed by atoms with van der Waals surface area (Å²) in [7, 11) is 1.98. The van der Waals surface area contributed by atoms with Crippen LogP contribution in [0.15, 0.2) is 42.0 Å². The molecule has 0 spiro atoms. The molecule has 0 aliphatic rings. The van der Waals surface area contributed by atoms with E-state index in [0.29, 0.717) is 0 Å². The van der Waals surface area contributed by atoms with E-state index in [1.807, 2.05) is 23.2 Å². The van der Waals surface area contributed by atoms with Gasteiger partial charge in [0.1, 0.15) is 17.0 Å². The van der Waals surface area contributed by atoms with Gasteiger partial charge in [-0.05, 0) is 17.5 Å². The molecule has 0 unspecified atom stereocenters. The second-order valence-electron chi connectivity index (χ2n) is 5.13. The van der Waals surface area contributed by atoms with Crippen LogP contribution in [0.3, 0.4) is 0 Å². The third kappa shape index (κ3) is 2.21. The normalized spacial score (nSPS) is 11.3. The lowest BCUT2D eigenvalue weighted by molar-refractivity contribution is 0.764. The van der Waals surface area contributed by atoms with Gasteiger partial charge in [0, 0.05) is 25.4 Å². The van der Waals surface area contributed by atoms with Gasteiger partial charge in [-0.3, -0.25) is 4.68 Å². The van der Waals surface area contributed by atoms with Gasteiger partial charge in [0.05, 0.1) is 16.6 Å². The third-order valence-electron chi connectivity index (χ3n) is 3.75. The molecule has 110 valence electrons. The van der Waals surface area contributed by atoms with Crippen LogP contribution in [-0.2, 0) is 13.5 Å². The third-order valence-corrected chi connectivity index (χ3v) is 4.57. The number of rotatable bonds is 4. The second kappa shape index (κ2) is 5.38. The van der Waals surface area contributed by atoms with E-state index in [0.717, 1.165) is 34.7 Å². The quantitative estimate of drug-likeness (QED) is 0.629. The van der Waals surface area contributed by atoms with Crippen molar-refractivity contribution in [1.82, 2.24) is 19.7 Å². The van der Waals surface area contributed by atoms with Crippen LogP contribution in [-0.4, -0.2) is 26.3 Å². The largest absolute Gasteiger partial charge is 0.369 e. The van der Waals surface area contributed by atoms with Gasteiger partial charge in [0.25, 0.3) is 0 Å². The summed E-state index contributed by atoms with van der Waals surface area (Å²) in [6, 6.07) is 10.4. The van der Waals surface area contributed by atoms with Crippen molar-refractivity contribution in [3.05, 3.63) is 47.7 Å². The first kappa shape index (κ1) is 13.2. The Kier molecular flexibility index (Phi) is 3.23. The zero-order valence-electron chi connectivity index (χ0n) is 12.2. The summed E-state index contributed by atoms with van der Waals surface area (Å²) in [4.78, 5) is 9.62. The Bertz CT molecular complexity index is 940. The van der Waals surface area contributed by atoms with Gasteiger partial charge >= 0.3 is 0 Å². The van der Waals surface area contributed by atoms with E-state index in [9.17, 15) is 0 Å². The van der Waals surface area contributed by atoms with E-state index >= 15 is 0 Å². The van der Waals surface area contributed by atoms with E-state index in [-0.39, 0.29) is 0 Å². The SMILES string of the molecule is Cn1nc(CCNc2ncnc3sccc23)c2ccccc21. The highest BCUT2D eigenvalue weighted by Crippen LogP contribution is 2.24. The summed E-state index contributed by atoms with van der Waals surface area (Å²) >= 11 is 1.63. The van der Waals surface area contributed by atoms with E-state index in [4.69, 9.17) is 0 Å². The predicted molar refractivity (Wildman–Crippen MR) is 90.3 cm³/mol. The highest BCUT2D eigenvalue weighted by molar-refractivity contribution is 7.16. The van der Waals surface area contributed by atoms with Gasteiger partial charge in [-0.1, -0.05) is 18.2 Å². The van der Waals surface area contributed by atoms with Crippen molar-refractivity contribution in [2.24, 2.45) is 7.05 Å². The number of para-hydroxylation sites is 1. The molecule has 6 heteroatoms. The van der Waals surface area contributed by atoms with E-state index in [1.165, 1.54) is 10.9 Å². The van der Waals surface area contributed by atoms with E-state index in [2.05, 4.69) is 44.6 Å². The Balaban J connectivity index is 1.54. The number of anilines is 1. The lowest BCUT2D eigenvalue weighted by Crippen LogP contribution is -2.07. The Morgan fingerprint density at radius 2 is 2.05 bits per heavy atom. The Morgan fingerprint density at radius 1 is 1.14 bits per heavy atom. The minimum Gasteiger partial charge on any atom is -0.369 e. The fourth-order valence-electron chi connectivity index (χ4n) is 2.70. The molecule has 4 aromatic rings. The summed E-state index contributed by atoms with van der Waals surface area (Å²) in [5.74, 6) is 0.895. The van der Waals surface area contributed by atoms with Crippen molar-refractivity contribution in [2.45, 2.75) is 6.42 Å². The van der Waals surface area contributed by atoms with Gasteiger partial charge in [0.2, 0.25) is 0 Å². The van der Waals surface area contributed by atoms with Crippen LogP contribution >= 0.6 is 11.3 Å². The maximum atomic E-state index is 4.62. The molecule has 5 nitrogen and oxygen atoms in total. The van der Waals surface area contributed by atoms with Crippen LogP contribution in [0.25, 0.3) is 21.1 Å². The molecular weight excluding hydrogens is 294 g/mol. The van der Waals surface area contributed by atoms with Crippen LogP contribution in [0.1, 0.15) is 5.69 Å². The van der Waals surface area contributed by atoms with Crippen molar-refractivity contribution >= 4 is 38.3 Å². The number of nitrogens with zero attached hydrogens (tertiary/aromatic N) is 4. The highest BCUT2D eigenvalue weighted by Gasteiger charge is 2.08. The highest BCUT2D eigenvalue weighted by atomic mass is 32.1. The number of fused-ring (bicyclic) bond motifs is 2. The topological polar surface area (TPSA) is 55.6 Å². The molecular formula is C16H15N5S. The zero-order valence-corrected chi connectivity index (χ0v) is 13.0. The number of nitrogens with one attached hydrogen (secondary N) is 1.